The van der Waals surface area contributed by atoms with Gasteiger partial charge in [0.2, 0.25) is 0 Å². The number of nitrogens with one attached hydrogen (secondary N) is 1. The molecule has 0 rings (SSSR count). The smallest absolute Gasteiger partial charge is 0.307 e. The highest BCUT2D eigenvalue weighted by Crippen LogP contribution is 1.91. The van der Waals surface area contributed by atoms with E-state index in [-0.39, 0.29) is 5.75 Å². The second-order valence-corrected chi connectivity index (χ2v) is 5.33. The number of sulfone groups is 1. The number of hydrogen-bond acceptors (Lipinski definition) is 4. The van der Waals surface area contributed by atoms with Gasteiger partial charge < -0.3 is 10.4 Å². The lowest BCUT2D eigenvalue weighted by atomic mass is 10.2. The SMILES string of the molecule is CC(CNCCS(C)(=O)=O)C(=O)O. The van der Waals surface area contributed by atoms with Crippen molar-refractivity contribution in [1.82, 2.24) is 5.32 Å². The first-order chi connectivity index (χ1) is 5.83. The highest BCUT2D eigenvalue weighted by molar-refractivity contribution is 7.90. The lowest BCUT2D eigenvalue weighted by Crippen LogP contribution is -2.30. The molecule has 0 heterocycles. The molecule has 0 aromatic carbocycles. The lowest BCUT2D eigenvalue weighted by molar-refractivity contribution is -0.140. The summed E-state index contributed by atoms with van der Waals surface area (Å²) in [4.78, 5) is 10.3. The number of aliphatic carboxylic acids is 1. The Hall–Kier alpha value is -0.620. The maximum absolute atomic E-state index is 10.7. The molecule has 5 nitrogen and oxygen atoms in total. The Morgan fingerprint density at radius 1 is 1.54 bits per heavy atom. The summed E-state index contributed by atoms with van der Waals surface area (Å²) in [5, 5.41) is 11.2. The van der Waals surface area contributed by atoms with Gasteiger partial charge in [-0.2, -0.15) is 0 Å². The van der Waals surface area contributed by atoms with Crippen LogP contribution < -0.4 is 5.32 Å². The molecule has 1 unspecified atom stereocenters. The third-order valence-corrected chi connectivity index (χ3v) is 2.47. The van der Waals surface area contributed by atoms with Gasteiger partial charge in [0.25, 0.3) is 0 Å². The summed E-state index contributed by atoms with van der Waals surface area (Å²) in [5.41, 5.74) is 0. The highest BCUT2D eigenvalue weighted by atomic mass is 32.2. The van der Waals surface area contributed by atoms with Crippen molar-refractivity contribution in [1.29, 1.82) is 0 Å². The zero-order valence-corrected chi connectivity index (χ0v) is 8.60. The lowest BCUT2D eigenvalue weighted by Gasteiger charge is -2.06. The van der Waals surface area contributed by atoms with Crippen LogP contribution in [0.5, 0.6) is 0 Å². The van der Waals surface area contributed by atoms with E-state index in [1.165, 1.54) is 0 Å². The van der Waals surface area contributed by atoms with Crippen LogP contribution in [0.3, 0.4) is 0 Å². The fourth-order valence-corrected chi connectivity index (χ4v) is 1.18. The van der Waals surface area contributed by atoms with Crippen LogP contribution in [0.1, 0.15) is 6.92 Å². The molecule has 0 aliphatic carbocycles. The Kier molecular flexibility index (Phi) is 4.94. The third kappa shape index (κ3) is 7.73. The predicted molar refractivity (Wildman–Crippen MR) is 49.4 cm³/mol. The molecule has 0 aliphatic heterocycles. The molecule has 0 fully saturated rings. The molecule has 2 N–H and O–H groups in total. The van der Waals surface area contributed by atoms with Crippen LogP contribution in [0.4, 0.5) is 0 Å². The molecule has 6 heteroatoms. The second kappa shape index (κ2) is 5.18. The number of hydrogen-bond donors (Lipinski definition) is 2. The molecule has 0 aromatic rings. The van der Waals surface area contributed by atoms with Gasteiger partial charge in [-0.05, 0) is 0 Å². The van der Waals surface area contributed by atoms with Crippen molar-refractivity contribution in [2.45, 2.75) is 6.92 Å². The van der Waals surface area contributed by atoms with E-state index >= 15 is 0 Å². The first-order valence-electron chi connectivity index (χ1n) is 3.94. The van der Waals surface area contributed by atoms with Gasteiger partial charge in [-0.1, -0.05) is 6.92 Å². The van der Waals surface area contributed by atoms with Gasteiger partial charge in [-0.15, -0.1) is 0 Å². The number of rotatable bonds is 6. The van der Waals surface area contributed by atoms with Gasteiger partial charge in [0, 0.05) is 19.3 Å². The van der Waals surface area contributed by atoms with E-state index in [4.69, 9.17) is 5.11 Å². The van der Waals surface area contributed by atoms with E-state index in [1.54, 1.807) is 6.92 Å². The normalized spacial score (nSPS) is 14.0. The highest BCUT2D eigenvalue weighted by Gasteiger charge is 2.09. The van der Waals surface area contributed by atoms with E-state index in [1.807, 2.05) is 0 Å². The largest absolute Gasteiger partial charge is 0.481 e. The number of carboxylic acids is 1. The zero-order valence-electron chi connectivity index (χ0n) is 7.78. The summed E-state index contributed by atoms with van der Waals surface area (Å²) in [6.07, 6.45) is 1.15. The van der Waals surface area contributed by atoms with Crippen molar-refractivity contribution in [2.24, 2.45) is 5.92 Å². The van der Waals surface area contributed by atoms with Crippen molar-refractivity contribution in [3.63, 3.8) is 0 Å². The second-order valence-electron chi connectivity index (χ2n) is 3.07. The van der Waals surface area contributed by atoms with Crippen LogP contribution in [-0.2, 0) is 14.6 Å². The van der Waals surface area contributed by atoms with Crippen molar-refractivity contribution in [2.75, 3.05) is 25.1 Å². The molecule has 78 valence electrons. The minimum absolute atomic E-state index is 0.0410. The van der Waals surface area contributed by atoms with E-state index in [0.717, 1.165) is 6.26 Å². The Bertz CT molecular complexity index is 260. The quantitative estimate of drug-likeness (QED) is 0.567. The average Bonchev–Trinajstić information content (AvgIpc) is 1.95. The van der Waals surface area contributed by atoms with Gasteiger partial charge in [-0.3, -0.25) is 4.79 Å². The van der Waals surface area contributed by atoms with Crippen LogP contribution in [0, 0.1) is 5.92 Å². The molecule has 1 atom stereocenters. The molecule has 0 spiro atoms. The van der Waals surface area contributed by atoms with Crippen LogP contribution in [-0.4, -0.2) is 44.6 Å². The van der Waals surface area contributed by atoms with E-state index in [2.05, 4.69) is 5.32 Å². The summed E-state index contributed by atoms with van der Waals surface area (Å²) in [6, 6.07) is 0. The Balaban J connectivity index is 3.53. The third-order valence-electron chi connectivity index (χ3n) is 1.52. The molecule has 0 aliphatic rings. The molecule has 0 saturated heterocycles. The maximum atomic E-state index is 10.7. The minimum atomic E-state index is -2.95. The number of carbonyl (C=O) groups is 1. The van der Waals surface area contributed by atoms with Crippen LogP contribution in [0.25, 0.3) is 0 Å². The van der Waals surface area contributed by atoms with Crippen molar-refractivity contribution >= 4 is 15.8 Å². The molecule has 0 bridgehead atoms. The maximum Gasteiger partial charge on any atom is 0.307 e. The van der Waals surface area contributed by atoms with Gasteiger partial charge >= 0.3 is 5.97 Å². The fraction of sp³-hybridized carbons (Fsp3) is 0.857. The molecule has 0 radical (unpaired) electrons. The van der Waals surface area contributed by atoms with Gasteiger partial charge in [0.05, 0.1) is 11.7 Å². The van der Waals surface area contributed by atoms with Crippen molar-refractivity contribution in [3.8, 4) is 0 Å². The summed E-state index contributed by atoms with van der Waals surface area (Å²) in [7, 11) is -2.95. The molecule has 13 heavy (non-hydrogen) atoms. The summed E-state index contributed by atoms with van der Waals surface area (Å²) < 4.78 is 21.3. The fourth-order valence-electron chi connectivity index (χ4n) is 0.663. The van der Waals surface area contributed by atoms with E-state index < -0.39 is 21.7 Å². The van der Waals surface area contributed by atoms with Gasteiger partial charge in [0.1, 0.15) is 9.84 Å². The predicted octanol–water partition coefficient (Wildman–Crippen LogP) is -0.659. The van der Waals surface area contributed by atoms with Crippen LogP contribution in [0.2, 0.25) is 0 Å². The minimum Gasteiger partial charge on any atom is -0.481 e. The zero-order chi connectivity index (χ0) is 10.5. The summed E-state index contributed by atoms with van der Waals surface area (Å²) in [6.45, 7) is 2.16. The molecule has 0 amide bonds. The monoisotopic (exact) mass is 209 g/mol. The summed E-state index contributed by atoms with van der Waals surface area (Å²) in [5.74, 6) is -1.33. The Morgan fingerprint density at radius 3 is 2.46 bits per heavy atom. The van der Waals surface area contributed by atoms with Crippen LogP contribution >= 0.6 is 0 Å². The molecular formula is C7H15NO4S. The first kappa shape index (κ1) is 12.4. The average molecular weight is 209 g/mol. The van der Waals surface area contributed by atoms with E-state index in [9.17, 15) is 13.2 Å². The van der Waals surface area contributed by atoms with Crippen LogP contribution in [0.15, 0.2) is 0 Å². The number of carboxylic acid groups (broad SMARTS) is 1. The molecule has 0 saturated carbocycles. The standard InChI is InChI=1S/C7H15NO4S/c1-6(7(9)10)5-8-3-4-13(2,11)12/h6,8H,3-5H2,1-2H3,(H,9,10). The Labute approximate surface area is 78.1 Å². The van der Waals surface area contributed by atoms with Crippen molar-refractivity contribution < 1.29 is 18.3 Å². The van der Waals surface area contributed by atoms with Gasteiger partial charge in [-0.25, -0.2) is 8.42 Å². The molecular weight excluding hydrogens is 194 g/mol. The topological polar surface area (TPSA) is 83.5 Å². The van der Waals surface area contributed by atoms with Gasteiger partial charge in [0.15, 0.2) is 0 Å². The van der Waals surface area contributed by atoms with E-state index in [0.29, 0.717) is 13.1 Å². The first-order valence-corrected chi connectivity index (χ1v) is 6.00. The van der Waals surface area contributed by atoms with Crippen molar-refractivity contribution in [3.05, 3.63) is 0 Å². The molecule has 0 aromatic heterocycles. The summed E-state index contributed by atoms with van der Waals surface area (Å²) >= 11 is 0. The Morgan fingerprint density at radius 2 is 2.08 bits per heavy atom.